The number of benzene rings is 1. The first kappa shape index (κ1) is 9.59. The topological polar surface area (TPSA) is 9.23 Å². The fraction of sp³-hybridized carbons (Fsp3) is 0.455. The molecule has 0 spiro atoms. The van der Waals surface area contributed by atoms with Crippen molar-refractivity contribution in [2.45, 2.75) is 25.4 Å². The molecule has 76 valence electrons. The lowest BCUT2D eigenvalue weighted by Gasteiger charge is -2.23. The zero-order valence-electron chi connectivity index (χ0n) is 7.80. The van der Waals surface area contributed by atoms with Gasteiger partial charge in [-0.25, -0.2) is 8.78 Å². The minimum absolute atomic E-state index is 0.264. The minimum Gasteiger partial charge on any atom is -0.373 e. The van der Waals surface area contributed by atoms with E-state index in [1.165, 1.54) is 6.07 Å². The van der Waals surface area contributed by atoms with Crippen LogP contribution in [0, 0.1) is 11.6 Å². The van der Waals surface area contributed by atoms with Gasteiger partial charge in [0, 0.05) is 12.2 Å². The summed E-state index contributed by atoms with van der Waals surface area (Å²) in [6.07, 6.45) is 2.54. The van der Waals surface area contributed by atoms with Crippen LogP contribution in [0.15, 0.2) is 18.2 Å². The van der Waals surface area contributed by atoms with Gasteiger partial charge in [-0.15, -0.1) is 0 Å². The van der Waals surface area contributed by atoms with Gasteiger partial charge in [-0.1, -0.05) is 0 Å². The van der Waals surface area contributed by atoms with Crippen molar-refractivity contribution in [2.75, 3.05) is 6.61 Å². The average Bonchev–Trinajstić information content (AvgIpc) is 2.23. The lowest BCUT2D eigenvalue weighted by molar-refractivity contribution is 0.0126. The standard InChI is InChI=1S/C11H12F2O/c12-8-4-5-10(13)9(7-8)11-3-1-2-6-14-11/h4-5,7,11H,1-3,6H2/t11-/m0/s1. The fourth-order valence-electron chi connectivity index (χ4n) is 1.75. The van der Waals surface area contributed by atoms with E-state index in [1.54, 1.807) is 0 Å². The first-order valence-electron chi connectivity index (χ1n) is 4.84. The van der Waals surface area contributed by atoms with Crippen LogP contribution in [0.5, 0.6) is 0 Å². The van der Waals surface area contributed by atoms with E-state index in [4.69, 9.17) is 4.74 Å². The van der Waals surface area contributed by atoms with Crippen molar-refractivity contribution in [3.05, 3.63) is 35.4 Å². The maximum atomic E-state index is 13.3. The van der Waals surface area contributed by atoms with E-state index in [0.29, 0.717) is 12.2 Å². The zero-order chi connectivity index (χ0) is 9.97. The lowest BCUT2D eigenvalue weighted by Crippen LogP contribution is -2.13. The van der Waals surface area contributed by atoms with Gasteiger partial charge in [0.05, 0.1) is 6.10 Å². The molecular formula is C11H12F2O. The second-order valence-corrected chi connectivity index (χ2v) is 3.52. The van der Waals surface area contributed by atoms with Gasteiger partial charge >= 0.3 is 0 Å². The number of rotatable bonds is 1. The SMILES string of the molecule is Fc1ccc(F)c([C@@H]2CCCCO2)c1. The van der Waals surface area contributed by atoms with Crippen LogP contribution in [0.2, 0.25) is 0 Å². The third-order valence-electron chi connectivity index (χ3n) is 2.48. The summed E-state index contributed by atoms with van der Waals surface area (Å²) in [5, 5.41) is 0. The Bertz CT molecular complexity index is 319. The predicted molar refractivity (Wildman–Crippen MR) is 48.9 cm³/mol. The van der Waals surface area contributed by atoms with Crippen LogP contribution >= 0.6 is 0 Å². The first-order valence-corrected chi connectivity index (χ1v) is 4.84. The predicted octanol–water partition coefficient (Wildman–Crippen LogP) is 3.21. The second-order valence-electron chi connectivity index (χ2n) is 3.52. The van der Waals surface area contributed by atoms with E-state index < -0.39 is 5.82 Å². The van der Waals surface area contributed by atoms with Crippen molar-refractivity contribution < 1.29 is 13.5 Å². The highest BCUT2D eigenvalue weighted by molar-refractivity contribution is 5.21. The molecule has 1 heterocycles. The summed E-state index contributed by atoms with van der Waals surface area (Å²) in [5.41, 5.74) is 0.352. The molecule has 0 saturated carbocycles. The largest absolute Gasteiger partial charge is 0.373 e. The maximum absolute atomic E-state index is 13.3. The Hall–Kier alpha value is -0.960. The Balaban J connectivity index is 2.24. The van der Waals surface area contributed by atoms with Crippen LogP contribution in [0.1, 0.15) is 30.9 Å². The average molecular weight is 198 g/mol. The highest BCUT2D eigenvalue weighted by atomic mass is 19.1. The number of hydrogen-bond acceptors (Lipinski definition) is 1. The Morgan fingerprint density at radius 2 is 2.07 bits per heavy atom. The van der Waals surface area contributed by atoms with Crippen molar-refractivity contribution in [1.82, 2.24) is 0 Å². The molecule has 1 aromatic carbocycles. The van der Waals surface area contributed by atoms with Gasteiger partial charge in [0.25, 0.3) is 0 Å². The summed E-state index contributed by atoms with van der Waals surface area (Å²) in [5.74, 6) is -0.783. The molecule has 0 aromatic heterocycles. The van der Waals surface area contributed by atoms with Gasteiger partial charge in [0.15, 0.2) is 0 Å². The summed E-state index contributed by atoms with van der Waals surface area (Å²) >= 11 is 0. The molecule has 1 nitrogen and oxygen atoms in total. The number of ether oxygens (including phenoxy) is 1. The van der Waals surface area contributed by atoms with E-state index in [1.807, 2.05) is 0 Å². The Kier molecular flexibility index (Phi) is 2.77. The van der Waals surface area contributed by atoms with E-state index in [2.05, 4.69) is 0 Å². The number of halogens is 2. The molecule has 1 aliphatic rings. The van der Waals surface area contributed by atoms with Gasteiger partial charge in [-0.05, 0) is 37.5 Å². The summed E-state index contributed by atoms with van der Waals surface area (Å²) in [6, 6.07) is 3.51. The Morgan fingerprint density at radius 1 is 1.21 bits per heavy atom. The first-order chi connectivity index (χ1) is 6.77. The van der Waals surface area contributed by atoms with Crippen LogP contribution in [0.25, 0.3) is 0 Å². The molecule has 3 heteroatoms. The van der Waals surface area contributed by atoms with Crippen molar-refractivity contribution in [3.63, 3.8) is 0 Å². The number of hydrogen-bond donors (Lipinski definition) is 0. The molecule has 1 fully saturated rings. The lowest BCUT2D eigenvalue weighted by atomic mass is 10.0. The minimum atomic E-state index is -0.407. The van der Waals surface area contributed by atoms with Crippen molar-refractivity contribution in [1.29, 1.82) is 0 Å². The quantitative estimate of drug-likeness (QED) is 0.673. The van der Waals surface area contributed by atoms with Crippen LogP contribution < -0.4 is 0 Å². The molecule has 0 radical (unpaired) electrons. The van der Waals surface area contributed by atoms with Gasteiger partial charge in [0.1, 0.15) is 11.6 Å². The van der Waals surface area contributed by atoms with Gasteiger partial charge in [-0.3, -0.25) is 0 Å². The van der Waals surface area contributed by atoms with Crippen molar-refractivity contribution in [2.24, 2.45) is 0 Å². The molecule has 1 aromatic rings. The zero-order valence-corrected chi connectivity index (χ0v) is 7.80. The van der Waals surface area contributed by atoms with Crippen molar-refractivity contribution >= 4 is 0 Å². The Morgan fingerprint density at radius 3 is 2.79 bits per heavy atom. The molecule has 0 amide bonds. The molecule has 0 N–H and O–H groups in total. The van der Waals surface area contributed by atoms with Gasteiger partial charge in [0.2, 0.25) is 0 Å². The molecule has 1 saturated heterocycles. The van der Waals surface area contributed by atoms with E-state index in [-0.39, 0.29) is 11.9 Å². The monoisotopic (exact) mass is 198 g/mol. The third-order valence-corrected chi connectivity index (χ3v) is 2.48. The molecule has 0 aliphatic carbocycles. The van der Waals surface area contributed by atoms with Crippen LogP contribution in [-0.4, -0.2) is 6.61 Å². The molecule has 0 bridgehead atoms. The molecule has 1 atom stereocenters. The maximum Gasteiger partial charge on any atom is 0.129 e. The Labute approximate surface area is 81.7 Å². The summed E-state index contributed by atoms with van der Waals surface area (Å²) < 4.78 is 31.6. The highest BCUT2D eigenvalue weighted by Crippen LogP contribution is 2.29. The van der Waals surface area contributed by atoms with Crippen LogP contribution in [0.4, 0.5) is 8.78 Å². The molecule has 14 heavy (non-hydrogen) atoms. The van der Waals surface area contributed by atoms with E-state index in [0.717, 1.165) is 31.4 Å². The van der Waals surface area contributed by atoms with Gasteiger partial charge in [-0.2, -0.15) is 0 Å². The molecule has 2 rings (SSSR count). The van der Waals surface area contributed by atoms with E-state index >= 15 is 0 Å². The third kappa shape index (κ3) is 1.93. The second kappa shape index (κ2) is 4.05. The molecular weight excluding hydrogens is 186 g/mol. The molecule has 0 unspecified atom stereocenters. The summed E-state index contributed by atoms with van der Waals surface area (Å²) in [7, 11) is 0. The summed E-state index contributed by atoms with van der Waals surface area (Å²) in [4.78, 5) is 0. The van der Waals surface area contributed by atoms with Crippen LogP contribution in [0.3, 0.4) is 0 Å². The molecule has 1 aliphatic heterocycles. The summed E-state index contributed by atoms with van der Waals surface area (Å²) in [6.45, 7) is 0.640. The van der Waals surface area contributed by atoms with Gasteiger partial charge < -0.3 is 4.74 Å². The normalized spacial score (nSPS) is 22.3. The smallest absolute Gasteiger partial charge is 0.129 e. The van der Waals surface area contributed by atoms with Crippen LogP contribution in [-0.2, 0) is 4.74 Å². The van der Waals surface area contributed by atoms with E-state index in [9.17, 15) is 8.78 Å². The highest BCUT2D eigenvalue weighted by Gasteiger charge is 2.19. The fourth-order valence-corrected chi connectivity index (χ4v) is 1.75. The van der Waals surface area contributed by atoms with Crippen molar-refractivity contribution in [3.8, 4) is 0 Å².